The van der Waals surface area contributed by atoms with Crippen LogP contribution in [0.3, 0.4) is 0 Å². The van der Waals surface area contributed by atoms with Crippen molar-refractivity contribution in [3.8, 4) is 0 Å². The van der Waals surface area contributed by atoms with Crippen LogP contribution in [-0.2, 0) is 11.3 Å². The molecule has 2 rings (SSSR count). The quantitative estimate of drug-likeness (QED) is 0.828. The zero-order valence-corrected chi connectivity index (χ0v) is 12.8. The summed E-state index contributed by atoms with van der Waals surface area (Å²) in [6.45, 7) is 7.73. The molecule has 1 saturated carbocycles. The summed E-state index contributed by atoms with van der Waals surface area (Å²) in [5, 5.41) is 7.85. The van der Waals surface area contributed by atoms with Crippen LogP contribution in [0, 0.1) is 19.8 Å². The molecule has 1 heterocycles. The van der Waals surface area contributed by atoms with Crippen molar-refractivity contribution in [3.05, 3.63) is 17.5 Å². The minimum Gasteiger partial charge on any atom is -0.368 e. The summed E-state index contributed by atoms with van der Waals surface area (Å²) in [6, 6.07) is 2.08. The number of hydrogen-bond donors (Lipinski definition) is 2. The Bertz CT molecular complexity index is 482. The van der Waals surface area contributed by atoms with E-state index in [1.54, 1.807) is 0 Å². The molecule has 1 aromatic heterocycles. The zero-order chi connectivity index (χ0) is 14.8. The molecule has 20 heavy (non-hydrogen) atoms. The van der Waals surface area contributed by atoms with Gasteiger partial charge in [0.1, 0.15) is 5.54 Å². The molecule has 1 aromatic rings. The van der Waals surface area contributed by atoms with E-state index in [1.165, 1.54) is 5.69 Å². The Kier molecular flexibility index (Phi) is 4.48. The van der Waals surface area contributed by atoms with Crippen molar-refractivity contribution in [2.45, 2.75) is 58.5 Å². The molecule has 1 aliphatic carbocycles. The fraction of sp³-hybridized carbons (Fsp3) is 0.733. The summed E-state index contributed by atoms with van der Waals surface area (Å²) in [6.07, 6.45) is 3.93. The van der Waals surface area contributed by atoms with Gasteiger partial charge in [-0.1, -0.05) is 13.3 Å². The van der Waals surface area contributed by atoms with Gasteiger partial charge in [0.25, 0.3) is 0 Å². The number of carbonyl (C=O) groups is 1. The lowest BCUT2D eigenvalue weighted by molar-refractivity contribution is -0.126. The fourth-order valence-corrected chi connectivity index (χ4v) is 3.61. The van der Waals surface area contributed by atoms with Crippen molar-refractivity contribution in [3.63, 3.8) is 0 Å². The second kappa shape index (κ2) is 5.95. The Morgan fingerprint density at radius 2 is 2.35 bits per heavy atom. The predicted octanol–water partition coefficient (Wildman–Crippen LogP) is 1.52. The van der Waals surface area contributed by atoms with Crippen LogP contribution in [0.1, 0.15) is 44.0 Å². The van der Waals surface area contributed by atoms with E-state index in [9.17, 15) is 4.79 Å². The normalized spacial score (nSPS) is 26.1. The second-order valence-corrected chi connectivity index (χ2v) is 5.89. The van der Waals surface area contributed by atoms with E-state index in [0.717, 1.165) is 44.5 Å². The first-order valence-corrected chi connectivity index (χ1v) is 7.55. The van der Waals surface area contributed by atoms with Gasteiger partial charge in [-0.2, -0.15) is 5.10 Å². The molecule has 0 bridgehead atoms. The molecule has 0 aromatic carbocycles. The summed E-state index contributed by atoms with van der Waals surface area (Å²) in [7, 11) is 0. The topological polar surface area (TPSA) is 72.9 Å². The van der Waals surface area contributed by atoms with Crippen molar-refractivity contribution in [2.24, 2.45) is 11.7 Å². The summed E-state index contributed by atoms with van der Waals surface area (Å²) < 4.78 is 2.03. The average molecular weight is 278 g/mol. The third-order valence-electron chi connectivity index (χ3n) is 4.55. The van der Waals surface area contributed by atoms with Gasteiger partial charge in [0.05, 0.1) is 5.69 Å². The van der Waals surface area contributed by atoms with Crippen LogP contribution in [0.15, 0.2) is 6.07 Å². The van der Waals surface area contributed by atoms with E-state index >= 15 is 0 Å². The Morgan fingerprint density at radius 3 is 2.90 bits per heavy atom. The van der Waals surface area contributed by atoms with Crippen molar-refractivity contribution in [1.29, 1.82) is 0 Å². The number of primary amides is 1. The maximum absolute atomic E-state index is 11.9. The van der Waals surface area contributed by atoms with E-state index in [2.05, 4.69) is 23.4 Å². The maximum Gasteiger partial charge on any atom is 0.238 e. The van der Waals surface area contributed by atoms with Crippen LogP contribution in [0.4, 0.5) is 0 Å². The van der Waals surface area contributed by atoms with Crippen molar-refractivity contribution in [1.82, 2.24) is 15.1 Å². The molecule has 1 fully saturated rings. The van der Waals surface area contributed by atoms with Crippen molar-refractivity contribution >= 4 is 5.91 Å². The lowest BCUT2D eigenvalue weighted by Gasteiger charge is -2.33. The monoisotopic (exact) mass is 278 g/mol. The van der Waals surface area contributed by atoms with Gasteiger partial charge in [0.2, 0.25) is 5.91 Å². The highest BCUT2D eigenvalue weighted by Crippen LogP contribution is 2.38. The minimum absolute atomic E-state index is 0.199. The Morgan fingerprint density at radius 1 is 1.60 bits per heavy atom. The second-order valence-electron chi connectivity index (χ2n) is 5.89. The average Bonchev–Trinajstić information content (AvgIpc) is 2.92. The van der Waals surface area contributed by atoms with Gasteiger partial charge < -0.3 is 11.1 Å². The highest BCUT2D eigenvalue weighted by atomic mass is 16.1. The molecular formula is C15H26N4O. The van der Waals surface area contributed by atoms with Gasteiger partial charge in [0, 0.05) is 12.2 Å². The first-order valence-electron chi connectivity index (χ1n) is 7.55. The molecule has 2 atom stereocenters. The molecule has 1 aliphatic rings. The molecule has 0 radical (unpaired) electrons. The summed E-state index contributed by atoms with van der Waals surface area (Å²) >= 11 is 0. The smallest absolute Gasteiger partial charge is 0.238 e. The number of nitrogens with one attached hydrogen (secondary N) is 1. The highest BCUT2D eigenvalue weighted by molar-refractivity contribution is 5.85. The van der Waals surface area contributed by atoms with E-state index in [1.807, 2.05) is 18.5 Å². The van der Waals surface area contributed by atoms with Gasteiger partial charge in [-0.3, -0.25) is 9.48 Å². The van der Waals surface area contributed by atoms with Crippen molar-refractivity contribution in [2.75, 3.05) is 6.54 Å². The molecule has 5 heteroatoms. The Balaban J connectivity index is 2.07. The molecule has 0 saturated heterocycles. The van der Waals surface area contributed by atoms with E-state index in [-0.39, 0.29) is 5.91 Å². The van der Waals surface area contributed by atoms with Crippen LogP contribution in [0.2, 0.25) is 0 Å². The minimum atomic E-state index is -0.509. The molecule has 1 amide bonds. The number of nitrogens with zero attached hydrogens (tertiary/aromatic N) is 2. The van der Waals surface area contributed by atoms with Gasteiger partial charge in [0.15, 0.2) is 0 Å². The first kappa shape index (κ1) is 15.0. The third kappa shape index (κ3) is 2.73. The lowest BCUT2D eigenvalue weighted by Crippen LogP contribution is -2.58. The molecule has 0 aliphatic heterocycles. The fourth-order valence-electron chi connectivity index (χ4n) is 3.61. The van der Waals surface area contributed by atoms with Crippen molar-refractivity contribution < 1.29 is 4.79 Å². The lowest BCUT2D eigenvalue weighted by atomic mass is 9.83. The van der Waals surface area contributed by atoms with E-state index in [0.29, 0.717) is 5.92 Å². The summed E-state index contributed by atoms with van der Waals surface area (Å²) in [5.41, 5.74) is 7.40. The highest BCUT2D eigenvalue weighted by Gasteiger charge is 2.46. The number of rotatable bonds is 6. The zero-order valence-electron chi connectivity index (χ0n) is 12.8. The van der Waals surface area contributed by atoms with E-state index in [4.69, 9.17) is 5.73 Å². The molecule has 112 valence electrons. The predicted molar refractivity (Wildman–Crippen MR) is 79.3 cm³/mol. The molecule has 2 unspecified atom stereocenters. The van der Waals surface area contributed by atoms with Gasteiger partial charge in [-0.05, 0) is 51.6 Å². The number of amides is 1. The van der Waals surface area contributed by atoms with Crippen LogP contribution >= 0.6 is 0 Å². The first-order chi connectivity index (χ1) is 9.49. The number of carbonyl (C=O) groups excluding carboxylic acids is 1. The maximum atomic E-state index is 11.9. The third-order valence-corrected chi connectivity index (χ3v) is 4.55. The molecular weight excluding hydrogens is 252 g/mol. The Labute approximate surface area is 120 Å². The largest absolute Gasteiger partial charge is 0.368 e. The van der Waals surface area contributed by atoms with Gasteiger partial charge >= 0.3 is 0 Å². The number of aromatic nitrogens is 2. The van der Waals surface area contributed by atoms with E-state index < -0.39 is 5.54 Å². The van der Waals surface area contributed by atoms with Crippen LogP contribution < -0.4 is 11.1 Å². The van der Waals surface area contributed by atoms with Crippen LogP contribution in [0.5, 0.6) is 0 Å². The number of hydrogen-bond acceptors (Lipinski definition) is 3. The van der Waals surface area contributed by atoms with Gasteiger partial charge in [-0.15, -0.1) is 0 Å². The SMILES string of the molecule is CCNC1(C(N)=O)CCCC1CCn1nc(C)cc1C. The standard InChI is InChI=1S/C15H26N4O/c1-4-17-15(14(16)20)8-5-6-13(15)7-9-19-12(3)10-11(2)18-19/h10,13,17H,4-9H2,1-3H3,(H2,16,20). The molecule has 3 N–H and O–H groups in total. The number of likely N-dealkylation sites (N-methyl/N-ethyl adjacent to an activating group) is 1. The van der Waals surface area contributed by atoms with Gasteiger partial charge in [-0.25, -0.2) is 0 Å². The molecule has 5 nitrogen and oxygen atoms in total. The summed E-state index contributed by atoms with van der Waals surface area (Å²) in [4.78, 5) is 11.9. The Hall–Kier alpha value is -1.36. The van der Waals surface area contributed by atoms with Crippen LogP contribution in [-0.4, -0.2) is 27.8 Å². The number of aryl methyl sites for hydroxylation is 3. The molecule has 0 spiro atoms. The summed E-state index contributed by atoms with van der Waals surface area (Å²) in [5.74, 6) is 0.110. The van der Waals surface area contributed by atoms with Crippen LogP contribution in [0.25, 0.3) is 0 Å². The number of nitrogens with two attached hydrogens (primary N) is 1.